The van der Waals surface area contributed by atoms with E-state index in [1.165, 1.54) is 11.3 Å². The molecule has 1 saturated heterocycles. The summed E-state index contributed by atoms with van der Waals surface area (Å²) >= 11 is 4.93. The second-order valence-corrected chi connectivity index (χ2v) is 6.82. The van der Waals surface area contributed by atoms with Crippen LogP contribution in [0.25, 0.3) is 0 Å². The van der Waals surface area contributed by atoms with Crippen molar-refractivity contribution in [3.8, 4) is 0 Å². The van der Waals surface area contributed by atoms with Crippen LogP contribution in [0, 0.1) is 5.41 Å². The van der Waals surface area contributed by atoms with Gasteiger partial charge in [-0.3, -0.25) is 4.79 Å². The summed E-state index contributed by atoms with van der Waals surface area (Å²) in [5.74, 6) is 0.178. The smallest absolute Gasteiger partial charge is 0.265 e. The summed E-state index contributed by atoms with van der Waals surface area (Å²) in [5, 5.41) is 1.95. The Labute approximate surface area is 109 Å². The van der Waals surface area contributed by atoms with Crippen LogP contribution >= 0.6 is 27.3 Å². The lowest BCUT2D eigenvalue weighted by atomic mass is 9.82. The molecule has 0 atom stereocenters. The number of hydrogen-bond acceptors (Lipinski definition) is 2. The van der Waals surface area contributed by atoms with Gasteiger partial charge in [0.25, 0.3) is 5.91 Å². The van der Waals surface area contributed by atoms with Gasteiger partial charge in [-0.2, -0.15) is 0 Å². The van der Waals surface area contributed by atoms with Gasteiger partial charge < -0.3 is 4.90 Å². The number of carbonyl (C=O) groups excluding carboxylic acids is 1. The summed E-state index contributed by atoms with van der Waals surface area (Å²) in [7, 11) is 0. The lowest BCUT2D eigenvalue weighted by molar-refractivity contribution is 0.0634. The molecule has 2 heterocycles. The summed E-state index contributed by atoms with van der Waals surface area (Å²) in [4.78, 5) is 15.0. The van der Waals surface area contributed by atoms with Crippen molar-refractivity contribution in [2.24, 2.45) is 5.41 Å². The summed E-state index contributed by atoms with van der Waals surface area (Å²) in [6, 6.07) is 1.94. The number of piperidine rings is 1. The molecule has 0 spiro atoms. The van der Waals surface area contributed by atoms with Crippen molar-refractivity contribution < 1.29 is 4.79 Å². The van der Waals surface area contributed by atoms with Crippen LogP contribution in [0.5, 0.6) is 0 Å². The number of likely N-dealkylation sites (tertiary alicyclic amines) is 1. The van der Waals surface area contributed by atoms with Crippen LogP contribution in [0.2, 0.25) is 0 Å². The molecule has 1 aliphatic rings. The fourth-order valence-electron chi connectivity index (χ4n) is 1.91. The third-order valence-electron chi connectivity index (χ3n) is 3.22. The van der Waals surface area contributed by atoms with Crippen LogP contribution < -0.4 is 0 Å². The zero-order chi connectivity index (χ0) is 11.8. The summed E-state index contributed by atoms with van der Waals surface area (Å²) in [5.41, 5.74) is 0.392. The summed E-state index contributed by atoms with van der Waals surface area (Å²) in [6.07, 6.45) is 2.20. The number of thiophene rings is 1. The fourth-order valence-corrected chi connectivity index (χ4v) is 3.41. The van der Waals surface area contributed by atoms with Crippen LogP contribution in [-0.4, -0.2) is 23.9 Å². The number of hydrogen-bond donors (Lipinski definition) is 0. The Hall–Kier alpha value is -0.350. The van der Waals surface area contributed by atoms with E-state index in [9.17, 15) is 4.79 Å². The highest BCUT2D eigenvalue weighted by Crippen LogP contribution is 2.32. The summed E-state index contributed by atoms with van der Waals surface area (Å²) < 4.78 is 0.923. The van der Waals surface area contributed by atoms with Gasteiger partial charge in [0.2, 0.25) is 0 Å². The number of rotatable bonds is 1. The molecule has 1 aromatic rings. The Bertz CT molecular complexity index is 389. The molecular formula is C12H16BrNOS. The molecule has 0 aliphatic carbocycles. The Balaban J connectivity index is 2.05. The van der Waals surface area contributed by atoms with E-state index in [0.717, 1.165) is 35.3 Å². The Morgan fingerprint density at radius 2 is 2.06 bits per heavy atom. The lowest BCUT2D eigenvalue weighted by Gasteiger charge is -2.36. The fraction of sp³-hybridized carbons (Fsp3) is 0.583. The SMILES string of the molecule is CC1(C)CCN(C(=O)c2sccc2Br)CC1. The first-order valence-corrected chi connectivity index (χ1v) is 7.19. The topological polar surface area (TPSA) is 20.3 Å². The zero-order valence-corrected chi connectivity index (χ0v) is 12.0. The van der Waals surface area contributed by atoms with Gasteiger partial charge in [-0.25, -0.2) is 0 Å². The van der Waals surface area contributed by atoms with E-state index in [1.54, 1.807) is 0 Å². The molecule has 0 aromatic carbocycles. The number of halogens is 1. The Morgan fingerprint density at radius 3 is 2.56 bits per heavy atom. The minimum Gasteiger partial charge on any atom is -0.338 e. The molecule has 1 aliphatic heterocycles. The van der Waals surface area contributed by atoms with E-state index in [4.69, 9.17) is 0 Å². The minimum atomic E-state index is 0.178. The van der Waals surface area contributed by atoms with Gasteiger partial charge in [-0.1, -0.05) is 13.8 Å². The van der Waals surface area contributed by atoms with Crippen molar-refractivity contribution in [2.75, 3.05) is 13.1 Å². The average Bonchev–Trinajstić information content (AvgIpc) is 2.63. The van der Waals surface area contributed by atoms with E-state index in [1.807, 2.05) is 16.3 Å². The highest BCUT2D eigenvalue weighted by molar-refractivity contribution is 9.10. The van der Waals surface area contributed by atoms with Gasteiger partial charge in [0.1, 0.15) is 4.88 Å². The van der Waals surface area contributed by atoms with Crippen LogP contribution in [0.4, 0.5) is 0 Å². The van der Waals surface area contributed by atoms with Crippen molar-refractivity contribution in [1.29, 1.82) is 0 Å². The van der Waals surface area contributed by atoms with Gasteiger partial charge in [-0.05, 0) is 45.6 Å². The Kier molecular flexibility index (Phi) is 3.40. The van der Waals surface area contributed by atoms with E-state index in [-0.39, 0.29) is 5.91 Å². The molecule has 1 fully saturated rings. The predicted molar refractivity (Wildman–Crippen MR) is 70.9 cm³/mol. The molecule has 16 heavy (non-hydrogen) atoms. The molecule has 0 unspecified atom stereocenters. The minimum absolute atomic E-state index is 0.178. The second kappa shape index (κ2) is 4.49. The molecular weight excluding hydrogens is 286 g/mol. The predicted octanol–water partition coefficient (Wildman–Crippen LogP) is 3.77. The highest BCUT2D eigenvalue weighted by atomic mass is 79.9. The van der Waals surface area contributed by atoms with Crippen LogP contribution in [0.1, 0.15) is 36.4 Å². The molecule has 1 amide bonds. The average molecular weight is 302 g/mol. The largest absolute Gasteiger partial charge is 0.338 e. The van der Waals surface area contributed by atoms with E-state index in [2.05, 4.69) is 29.8 Å². The molecule has 0 radical (unpaired) electrons. The second-order valence-electron chi connectivity index (χ2n) is 5.05. The van der Waals surface area contributed by atoms with Crippen molar-refractivity contribution in [1.82, 2.24) is 4.90 Å². The first kappa shape index (κ1) is 12.1. The van der Waals surface area contributed by atoms with Gasteiger partial charge in [0, 0.05) is 17.6 Å². The third kappa shape index (κ3) is 2.48. The highest BCUT2D eigenvalue weighted by Gasteiger charge is 2.29. The van der Waals surface area contributed by atoms with Gasteiger partial charge in [0.05, 0.1) is 0 Å². The third-order valence-corrected chi connectivity index (χ3v) is 5.04. The quantitative estimate of drug-likeness (QED) is 0.773. The monoisotopic (exact) mass is 301 g/mol. The molecule has 0 N–H and O–H groups in total. The van der Waals surface area contributed by atoms with Crippen molar-refractivity contribution in [3.05, 3.63) is 20.8 Å². The molecule has 88 valence electrons. The van der Waals surface area contributed by atoms with Crippen molar-refractivity contribution in [2.45, 2.75) is 26.7 Å². The van der Waals surface area contributed by atoms with E-state index < -0.39 is 0 Å². The number of nitrogens with zero attached hydrogens (tertiary/aromatic N) is 1. The normalized spacial score (nSPS) is 19.8. The first-order valence-electron chi connectivity index (χ1n) is 5.52. The van der Waals surface area contributed by atoms with Gasteiger partial charge >= 0.3 is 0 Å². The molecule has 0 saturated carbocycles. The van der Waals surface area contributed by atoms with Crippen LogP contribution in [-0.2, 0) is 0 Å². The van der Waals surface area contributed by atoms with Gasteiger partial charge in [-0.15, -0.1) is 11.3 Å². The first-order chi connectivity index (χ1) is 7.49. The molecule has 2 rings (SSSR count). The zero-order valence-electron chi connectivity index (χ0n) is 9.62. The molecule has 4 heteroatoms. The molecule has 2 nitrogen and oxygen atoms in total. The molecule has 0 bridgehead atoms. The van der Waals surface area contributed by atoms with Gasteiger partial charge in [0.15, 0.2) is 0 Å². The van der Waals surface area contributed by atoms with Crippen LogP contribution in [0.3, 0.4) is 0 Å². The maximum Gasteiger partial charge on any atom is 0.265 e. The Morgan fingerprint density at radius 1 is 1.44 bits per heavy atom. The van der Waals surface area contributed by atoms with Crippen molar-refractivity contribution >= 4 is 33.2 Å². The molecule has 1 aromatic heterocycles. The lowest BCUT2D eigenvalue weighted by Crippen LogP contribution is -2.40. The maximum atomic E-state index is 12.2. The summed E-state index contributed by atoms with van der Waals surface area (Å²) in [6.45, 7) is 6.32. The number of carbonyl (C=O) groups is 1. The van der Waals surface area contributed by atoms with Crippen LogP contribution in [0.15, 0.2) is 15.9 Å². The maximum absolute atomic E-state index is 12.2. The van der Waals surface area contributed by atoms with Crippen molar-refractivity contribution in [3.63, 3.8) is 0 Å². The number of amides is 1. The van der Waals surface area contributed by atoms with E-state index in [0.29, 0.717) is 5.41 Å². The van der Waals surface area contributed by atoms with E-state index >= 15 is 0 Å². The standard InChI is InChI=1S/C12H16BrNOS/c1-12(2)4-6-14(7-5-12)11(15)10-9(13)3-8-16-10/h3,8H,4-7H2,1-2H3.